The molecule has 1 aromatic carbocycles. The molecule has 7 heteroatoms. The number of benzene rings is 1. The molecule has 0 aliphatic carbocycles. The summed E-state index contributed by atoms with van der Waals surface area (Å²) in [7, 11) is 6.65. The number of nitrogens with one attached hydrogen (secondary N) is 2. The van der Waals surface area contributed by atoms with Gasteiger partial charge in [-0.1, -0.05) is 13.8 Å². The number of guanidine groups is 1. The number of rotatable bonds is 8. The molecule has 1 heterocycles. The van der Waals surface area contributed by atoms with Crippen LogP contribution in [0, 0.1) is 11.8 Å². The van der Waals surface area contributed by atoms with Gasteiger partial charge in [-0.15, -0.1) is 0 Å². The summed E-state index contributed by atoms with van der Waals surface area (Å²) in [6.45, 7) is 13.0. The standard InChI is InChI=1S/C23H40N4O3/c1-16-9-17(2)14-27(13-16)23(3,4)15-26-22(24-5)25-12-18-10-19(28-6)21(30-8)20(11-18)29-7/h10-11,16-17H,9,12-15H2,1-8H3,(H2,24,25,26). The molecule has 1 fully saturated rings. The van der Waals surface area contributed by atoms with E-state index in [1.807, 2.05) is 12.1 Å². The quantitative estimate of drug-likeness (QED) is 0.498. The second kappa shape index (κ2) is 10.8. The Morgan fingerprint density at radius 1 is 1.03 bits per heavy atom. The fourth-order valence-electron chi connectivity index (χ4n) is 4.21. The highest BCUT2D eigenvalue weighted by atomic mass is 16.5. The maximum absolute atomic E-state index is 5.44. The Morgan fingerprint density at radius 3 is 2.07 bits per heavy atom. The molecule has 0 bridgehead atoms. The van der Waals surface area contributed by atoms with Crippen molar-refractivity contribution in [3.05, 3.63) is 17.7 Å². The average molecular weight is 421 g/mol. The summed E-state index contributed by atoms with van der Waals surface area (Å²) >= 11 is 0. The average Bonchev–Trinajstić information content (AvgIpc) is 2.72. The number of piperidine rings is 1. The van der Waals surface area contributed by atoms with E-state index >= 15 is 0 Å². The van der Waals surface area contributed by atoms with Crippen molar-refractivity contribution in [3.8, 4) is 17.2 Å². The number of ether oxygens (including phenoxy) is 3. The summed E-state index contributed by atoms with van der Waals surface area (Å²) in [5.41, 5.74) is 1.07. The maximum atomic E-state index is 5.44. The highest BCUT2D eigenvalue weighted by Gasteiger charge is 2.32. The molecular weight excluding hydrogens is 380 g/mol. The largest absolute Gasteiger partial charge is 0.493 e. The van der Waals surface area contributed by atoms with Crippen LogP contribution in [0.2, 0.25) is 0 Å². The first-order valence-electron chi connectivity index (χ1n) is 10.7. The first-order chi connectivity index (χ1) is 14.2. The third kappa shape index (κ3) is 6.17. The van der Waals surface area contributed by atoms with Crippen LogP contribution in [-0.4, -0.2) is 64.4 Å². The van der Waals surface area contributed by atoms with Crippen LogP contribution in [-0.2, 0) is 6.54 Å². The lowest BCUT2D eigenvalue weighted by molar-refractivity contribution is 0.0483. The summed E-state index contributed by atoms with van der Waals surface area (Å²) in [6, 6.07) is 3.89. The van der Waals surface area contributed by atoms with Crippen LogP contribution >= 0.6 is 0 Å². The van der Waals surface area contributed by atoms with Crippen LogP contribution in [0.5, 0.6) is 17.2 Å². The van der Waals surface area contributed by atoms with E-state index in [2.05, 4.69) is 48.2 Å². The minimum atomic E-state index is 0.0487. The zero-order valence-electron chi connectivity index (χ0n) is 20.0. The van der Waals surface area contributed by atoms with Gasteiger partial charge in [0.15, 0.2) is 17.5 Å². The Kier molecular flexibility index (Phi) is 8.65. The van der Waals surface area contributed by atoms with Gasteiger partial charge in [-0.2, -0.15) is 0 Å². The fraction of sp³-hybridized carbons (Fsp3) is 0.696. The van der Waals surface area contributed by atoms with Gasteiger partial charge in [-0.05, 0) is 49.8 Å². The number of aliphatic imine (C=N–C) groups is 1. The number of likely N-dealkylation sites (tertiary alicyclic amines) is 1. The predicted octanol–water partition coefficient (Wildman–Crippen LogP) is 3.13. The highest BCUT2D eigenvalue weighted by molar-refractivity contribution is 5.79. The number of methoxy groups -OCH3 is 3. The van der Waals surface area contributed by atoms with Gasteiger partial charge >= 0.3 is 0 Å². The van der Waals surface area contributed by atoms with Crippen LogP contribution in [0.15, 0.2) is 17.1 Å². The third-order valence-corrected chi connectivity index (χ3v) is 5.82. The monoisotopic (exact) mass is 420 g/mol. The molecule has 0 amide bonds. The molecule has 7 nitrogen and oxygen atoms in total. The van der Waals surface area contributed by atoms with Crippen molar-refractivity contribution in [1.82, 2.24) is 15.5 Å². The van der Waals surface area contributed by atoms with Crippen molar-refractivity contribution in [2.45, 2.75) is 46.2 Å². The van der Waals surface area contributed by atoms with Crippen LogP contribution in [0.25, 0.3) is 0 Å². The van der Waals surface area contributed by atoms with Gasteiger partial charge in [-0.25, -0.2) is 0 Å². The fourth-order valence-corrected chi connectivity index (χ4v) is 4.21. The summed E-state index contributed by atoms with van der Waals surface area (Å²) in [5.74, 6) is 4.14. The molecule has 2 unspecified atom stereocenters. The Bertz CT molecular complexity index is 685. The van der Waals surface area contributed by atoms with Gasteiger partial charge in [0, 0.05) is 38.8 Å². The van der Waals surface area contributed by atoms with E-state index in [1.54, 1.807) is 28.4 Å². The molecule has 30 heavy (non-hydrogen) atoms. The van der Waals surface area contributed by atoms with Crippen molar-refractivity contribution in [1.29, 1.82) is 0 Å². The topological polar surface area (TPSA) is 67.4 Å². The van der Waals surface area contributed by atoms with E-state index in [4.69, 9.17) is 14.2 Å². The summed E-state index contributed by atoms with van der Waals surface area (Å²) in [4.78, 5) is 6.99. The Morgan fingerprint density at radius 2 is 1.60 bits per heavy atom. The second-order valence-corrected chi connectivity index (χ2v) is 8.98. The van der Waals surface area contributed by atoms with Gasteiger partial charge in [-0.3, -0.25) is 9.89 Å². The minimum absolute atomic E-state index is 0.0487. The van der Waals surface area contributed by atoms with Crippen molar-refractivity contribution >= 4 is 5.96 Å². The lowest BCUT2D eigenvalue weighted by Crippen LogP contribution is -2.57. The Balaban J connectivity index is 1.98. The van der Waals surface area contributed by atoms with Crippen LogP contribution in [0.1, 0.15) is 39.7 Å². The summed E-state index contributed by atoms with van der Waals surface area (Å²) in [6.07, 6.45) is 1.32. The van der Waals surface area contributed by atoms with Crippen molar-refractivity contribution < 1.29 is 14.2 Å². The molecule has 1 aliphatic heterocycles. The van der Waals surface area contributed by atoms with Crippen LogP contribution < -0.4 is 24.8 Å². The van der Waals surface area contributed by atoms with E-state index < -0.39 is 0 Å². The Hall–Kier alpha value is -2.15. The zero-order chi connectivity index (χ0) is 22.3. The van der Waals surface area contributed by atoms with Gasteiger partial charge in [0.05, 0.1) is 21.3 Å². The number of hydrogen-bond donors (Lipinski definition) is 2. The molecule has 2 atom stereocenters. The molecule has 2 N–H and O–H groups in total. The van der Waals surface area contributed by atoms with Crippen molar-refractivity contribution in [2.24, 2.45) is 16.8 Å². The number of nitrogens with zero attached hydrogens (tertiary/aromatic N) is 2. The number of hydrogen-bond acceptors (Lipinski definition) is 5. The lowest BCUT2D eigenvalue weighted by atomic mass is 9.88. The van der Waals surface area contributed by atoms with Crippen LogP contribution in [0.4, 0.5) is 0 Å². The maximum Gasteiger partial charge on any atom is 0.203 e. The van der Waals surface area contributed by atoms with E-state index in [-0.39, 0.29) is 5.54 Å². The zero-order valence-corrected chi connectivity index (χ0v) is 20.0. The van der Waals surface area contributed by atoms with Gasteiger partial charge in [0.1, 0.15) is 0 Å². The molecule has 0 radical (unpaired) electrons. The summed E-state index contributed by atoms with van der Waals surface area (Å²) < 4.78 is 16.3. The predicted molar refractivity (Wildman–Crippen MR) is 123 cm³/mol. The highest BCUT2D eigenvalue weighted by Crippen LogP contribution is 2.38. The van der Waals surface area contributed by atoms with E-state index in [0.717, 1.165) is 43.0 Å². The van der Waals surface area contributed by atoms with Crippen molar-refractivity contribution in [3.63, 3.8) is 0 Å². The van der Waals surface area contributed by atoms with Crippen LogP contribution in [0.3, 0.4) is 0 Å². The minimum Gasteiger partial charge on any atom is -0.493 e. The molecule has 1 saturated heterocycles. The molecule has 1 aliphatic rings. The third-order valence-electron chi connectivity index (χ3n) is 5.82. The molecule has 2 rings (SSSR count). The van der Waals surface area contributed by atoms with E-state index in [1.165, 1.54) is 6.42 Å². The Labute approximate surface area is 182 Å². The van der Waals surface area contributed by atoms with Gasteiger partial charge in [0.2, 0.25) is 5.75 Å². The normalized spacial score (nSPS) is 20.6. The smallest absolute Gasteiger partial charge is 0.203 e. The SMILES string of the molecule is CN=C(NCc1cc(OC)c(OC)c(OC)c1)NCC(C)(C)N1CC(C)CC(C)C1. The first kappa shape index (κ1) is 24.1. The summed E-state index contributed by atoms with van der Waals surface area (Å²) in [5, 5.41) is 6.88. The molecule has 170 valence electrons. The van der Waals surface area contributed by atoms with Crippen molar-refractivity contribution in [2.75, 3.05) is 48.0 Å². The van der Waals surface area contributed by atoms with Gasteiger partial charge < -0.3 is 24.8 Å². The molecule has 0 aromatic heterocycles. The molecule has 0 saturated carbocycles. The molecule has 0 spiro atoms. The van der Waals surface area contributed by atoms with E-state index in [0.29, 0.717) is 23.8 Å². The first-order valence-corrected chi connectivity index (χ1v) is 10.7. The molecule has 1 aromatic rings. The van der Waals surface area contributed by atoms with E-state index in [9.17, 15) is 0 Å². The lowest BCUT2D eigenvalue weighted by Gasteiger charge is -2.45. The van der Waals surface area contributed by atoms with Gasteiger partial charge in [0.25, 0.3) is 0 Å². The second-order valence-electron chi connectivity index (χ2n) is 8.98. The molecular formula is C23H40N4O3.